The van der Waals surface area contributed by atoms with Gasteiger partial charge < -0.3 is 9.47 Å². The number of benzene rings is 2. The van der Waals surface area contributed by atoms with E-state index >= 15 is 0 Å². The molecule has 0 saturated heterocycles. The second kappa shape index (κ2) is 6.41. The van der Waals surface area contributed by atoms with E-state index in [-0.39, 0.29) is 12.5 Å². The van der Waals surface area contributed by atoms with E-state index in [1.165, 1.54) is 0 Å². The first-order valence-electron chi connectivity index (χ1n) is 7.52. The molecule has 0 saturated carbocycles. The minimum Gasteiger partial charge on any atom is -0.340 e. The lowest BCUT2D eigenvalue weighted by atomic mass is 10.2. The van der Waals surface area contributed by atoms with Crippen molar-refractivity contribution in [1.29, 1.82) is 0 Å². The Labute approximate surface area is 136 Å². The monoisotopic (exact) mass is 302 g/mol. The summed E-state index contributed by atoms with van der Waals surface area (Å²) < 4.78 is 1.92. The number of fused-ring (bicyclic) bond motifs is 1. The summed E-state index contributed by atoms with van der Waals surface area (Å²) in [5.41, 5.74) is 2.75. The fraction of sp³-hybridized carbons (Fsp3) is 0.150. The summed E-state index contributed by atoms with van der Waals surface area (Å²) in [6.45, 7) is 0.792. The minimum absolute atomic E-state index is 0.0505. The second-order valence-electron chi connectivity index (χ2n) is 5.50. The molecule has 0 N–H and O–H groups in total. The second-order valence-corrected chi connectivity index (χ2v) is 5.50. The highest BCUT2D eigenvalue weighted by Gasteiger charge is 2.19. The lowest BCUT2D eigenvalue weighted by Crippen LogP contribution is -2.32. The molecule has 0 radical (unpaired) electrons. The molecule has 3 nitrogen and oxygen atoms in total. The van der Waals surface area contributed by atoms with E-state index in [0.29, 0.717) is 12.2 Å². The number of aromatic nitrogens is 1. The largest absolute Gasteiger partial charge is 0.340 e. The number of aryl methyl sites for hydroxylation is 1. The molecule has 0 spiro atoms. The fourth-order valence-corrected chi connectivity index (χ4v) is 2.77. The van der Waals surface area contributed by atoms with E-state index in [1.54, 1.807) is 4.90 Å². The molecule has 114 valence electrons. The molecular weight excluding hydrogens is 284 g/mol. The van der Waals surface area contributed by atoms with Gasteiger partial charge in [-0.2, -0.15) is 0 Å². The Bertz CT molecular complexity index is 872. The first-order valence-corrected chi connectivity index (χ1v) is 7.52. The SMILES string of the molecule is C#CCN(Cc1ccccc1)C(=O)c1cc2ccccc2n1C. The summed E-state index contributed by atoms with van der Waals surface area (Å²) in [6, 6.07) is 19.8. The molecule has 0 aliphatic carbocycles. The first kappa shape index (κ1) is 14.9. The third-order valence-corrected chi connectivity index (χ3v) is 3.96. The Hall–Kier alpha value is -2.99. The predicted molar refractivity (Wildman–Crippen MR) is 92.9 cm³/mol. The van der Waals surface area contributed by atoms with Gasteiger partial charge in [0.25, 0.3) is 5.91 Å². The number of amides is 1. The van der Waals surface area contributed by atoms with Gasteiger partial charge in [0, 0.05) is 24.5 Å². The fourth-order valence-electron chi connectivity index (χ4n) is 2.77. The highest BCUT2D eigenvalue weighted by atomic mass is 16.2. The summed E-state index contributed by atoms with van der Waals surface area (Å²) in [4.78, 5) is 14.6. The number of hydrogen-bond acceptors (Lipinski definition) is 1. The summed E-state index contributed by atoms with van der Waals surface area (Å²) in [7, 11) is 1.91. The van der Waals surface area contributed by atoms with E-state index in [0.717, 1.165) is 16.5 Å². The standard InChI is InChI=1S/C20H18N2O/c1-3-13-22(15-16-9-5-4-6-10-16)20(23)19-14-17-11-7-8-12-18(17)21(19)2/h1,4-12,14H,13,15H2,2H3. The Balaban J connectivity index is 1.94. The van der Waals surface area contributed by atoms with Crippen molar-refractivity contribution in [3.8, 4) is 12.3 Å². The normalized spacial score (nSPS) is 10.4. The van der Waals surface area contributed by atoms with Crippen molar-refractivity contribution in [3.63, 3.8) is 0 Å². The van der Waals surface area contributed by atoms with Gasteiger partial charge in [0.2, 0.25) is 0 Å². The molecule has 0 fully saturated rings. The van der Waals surface area contributed by atoms with Crippen LogP contribution in [0.15, 0.2) is 60.7 Å². The molecule has 3 rings (SSSR count). The van der Waals surface area contributed by atoms with Crippen LogP contribution < -0.4 is 0 Å². The van der Waals surface area contributed by atoms with Crippen LogP contribution in [0.4, 0.5) is 0 Å². The number of carbonyl (C=O) groups is 1. The molecule has 1 aromatic heterocycles. The maximum Gasteiger partial charge on any atom is 0.271 e. The molecule has 1 amide bonds. The van der Waals surface area contributed by atoms with E-state index in [9.17, 15) is 4.79 Å². The van der Waals surface area contributed by atoms with Crippen LogP contribution >= 0.6 is 0 Å². The molecule has 0 aliphatic heterocycles. The quantitative estimate of drug-likeness (QED) is 0.678. The topological polar surface area (TPSA) is 25.2 Å². The maximum absolute atomic E-state index is 12.9. The van der Waals surface area contributed by atoms with Crippen LogP contribution in [0.25, 0.3) is 10.9 Å². The third-order valence-electron chi connectivity index (χ3n) is 3.96. The van der Waals surface area contributed by atoms with Gasteiger partial charge >= 0.3 is 0 Å². The predicted octanol–water partition coefficient (Wildman–Crippen LogP) is 3.45. The Morgan fingerprint density at radius 2 is 1.83 bits per heavy atom. The molecule has 0 unspecified atom stereocenters. The van der Waals surface area contributed by atoms with Crippen LogP contribution in [0.5, 0.6) is 0 Å². The smallest absolute Gasteiger partial charge is 0.271 e. The van der Waals surface area contributed by atoms with Gasteiger partial charge in [-0.15, -0.1) is 6.42 Å². The summed E-state index contributed by atoms with van der Waals surface area (Å²) in [5.74, 6) is 2.54. The van der Waals surface area contributed by atoms with Gasteiger partial charge in [0.1, 0.15) is 5.69 Å². The highest BCUT2D eigenvalue weighted by molar-refractivity contribution is 5.98. The van der Waals surface area contributed by atoms with Crippen molar-refractivity contribution >= 4 is 16.8 Å². The average molecular weight is 302 g/mol. The van der Waals surface area contributed by atoms with Crippen molar-refractivity contribution in [2.24, 2.45) is 7.05 Å². The number of terminal acetylenes is 1. The third kappa shape index (κ3) is 2.97. The van der Waals surface area contributed by atoms with Crippen LogP contribution in [-0.4, -0.2) is 21.9 Å². The molecule has 1 heterocycles. The summed E-state index contributed by atoms with van der Waals surface area (Å²) >= 11 is 0. The Morgan fingerprint density at radius 3 is 2.52 bits per heavy atom. The van der Waals surface area contributed by atoms with E-state index in [2.05, 4.69) is 5.92 Å². The molecule has 3 aromatic rings. The van der Waals surface area contributed by atoms with Crippen LogP contribution in [0, 0.1) is 12.3 Å². The molecule has 2 aromatic carbocycles. The zero-order chi connectivity index (χ0) is 16.2. The maximum atomic E-state index is 12.9. The van der Waals surface area contributed by atoms with Gasteiger partial charge in [-0.25, -0.2) is 0 Å². The number of rotatable bonds is 4. The van der Waals surface area contributed by atoms with Gasteiger partial charge in [-0.3, -0.25) is 4.79 Å². The summed E-state index contributed by atoms with van der Waals surface area (Å²) in [6.07, 6.45) is 5.46. The van der Waals surface area contributed by atoms with Crippen LogP contribution in [0.3, 0.4) is 0 Å². The van der Waals surface area contributed by atoms with Gasteiger partial charge in [-0.1, -0.05) is 54.5 Å². The molecular formula is C20H18N2O. The number of hydrogen-bond donors (Lipinski definition) is 0. The Kier molecular flexibility index (Phi) is 4.16. The lowest BCUT2D eigenvalue weighted by molar-refractivity contribution is 0.0756. The van der Waals surface area contributed by atoms with Crippen molar-refractivity contribution in [3.05, 3.63) is 71.9 Å². The Morgan fingerprint density at radius 1 is 1.13 bits per heavy atom. The van der Waals surface area contributed by atoms with Crippen LogP contribution in [0.1, 0.15) is 16.1 Å². The molecule has 3 heteroatoms. The number of para-hydroxylation sites is 1. The van der Waals surface area contributed by atoms with Gasteiger partial charge in [0.15, 0.2) is 0 Å². The van der Waals surface area contributed by atoms with E-state index in [4.69, 9.17) is 6.42 Å². The number of nitrogens with zero attached hydrogens (tertiary/aromatic N) is 2. The van der Waals surface area contributed by atoms with E-state index in [1.807, 2.05) is 72.3 Å². The van der Waals surface area contributed by atoms with Crippen molar-refractivity contribution in [2.45, 2.75) is 6.54 Å². The van der Waals surface area contributed by atoms with Crippen molar-refractivity contribution in [1.82, 2.24) is 9.47 Å². The average Bonchev–Trinajstić information content (AvgIpc) is 2.92. The van der Waals surface area contributed by atoms with Crippen LogP contribution in [0.2, 0.25) is 0 Å². The zero-order valence-corrected chi connectivity index (χ0v) is 13.1. The lowest BCUT2D eigenvalue weighted by Gasteiger charge is -2.20. The number of carbonyl (C=O) groups excluding carboxylic acids is 1. The van der Waals surface area contributed by atoms with Gasteiger partial charge in [-0.05, 0) is 17.7 Å². The molecule has 23 heavy (non-hydrogen) atoms. The minimum atomic E-state index is -0.0505. The molecule has 0 aliphatic rings. The van der Waals surface area contributed by atoms with Gasteiger partial charge in [0.05, 0.1) is 6.54 Å². The molecule has 0 bridgehead atoms. The molecule has 0 atom stereocenters. The zero-order valence-electron chi connectivity index (χ0n) is 13.1. The highest BCUT2D eigenvalue weighted by Crippen LogP contribution is 2.20. The van der Waals surface area contributed by atoms with E-state index < -0.39 is 0 Å². The first-order chi connectivity index (χ1) is 11.2. The van der Waals surface area contributed by atoms with Crippen molar-refractivity contribution < 1.29 is 4.79 Å². The summed E-state index contributed by atoms with van der Waals surface area (Å²) in [5, 5.41) is 1.05. The van der Waals surface area contributed by atoms with Crippen molar-refractivity contribution in [2.75, 3.05) is 6.54 Å². The van der Waals surface area contributed by atoms with Crippen LogP contribution in [-0.2, 0) is 13.6 Å².